The molecular weight excluding hydrogens is 146 g/mol. The van der Waals surface area contributed by atoms with Gasteiger partial charge >= 0.3 is 0 Å². The van der Waals surface area contributed by atoms with Crippen LogP contribution in [-0.2, 0) is 0 Å². The summed E-state index contributed by atoms with van der Waals surface area (Å²) in [6.45, 7) is 8.14. The van der Waals surface area contributed by atoms with Gasteiger partial charge in [-0.2, -0.15) is 5.26 Å². The number of allylic oxidation sites excluding steroid dienone is 1. The zero-order chi connectivity index (χ0) is 9.40. The van der Waals surface area contributed by atoms with Crippen LogP contribution in [0.15, 0.2) is 12.2 Å². The van der Waals surface area contributed by atoms with E-state index in [4.69, 9.17) is 5.26 Å². The Morgan fingerprint density at radius 3 is 2.67 bits per heavy atom. The third-order valence-electron chi connectivity index (χ3n) is 2.04. The Morgan fingerprint density at radius 1 is 1.50 bits per heavy atom. The van der Waals surface area contributed by atoms with Crippen LogP contribution in [0.1, 0.15) is 46.0 Å². The highest BCUT2D eigenvalue weighted by Gasteiger charge is 2.00. The molecule has 12 heavy (non-hydrogen) atoms. The number of nitrogens with zero attached hydrogens (tertiary/aromatic N) is 1. The Bertz CT molecular complexity index is 164. The van der Waals surface area contributed by atoms with Crippen molar-refractivity contribution in [3.63, 3.8) is 0 Å². The van der Waals surface area contributed by atoms with Gasteiger partial charge in [0.15, 0.2) is 0 Å². The molecule has 1 unspecified atom stereocenters. The minimum absolute atomic E-state index is 0.184. The Labute approximate surface area is 76.1 Å². The van der Waals surface area contributed by atoms with E-state index in [-0.39, 0.29) is 5.92 Å². The molecule has 0 spiro atoms. The minimum Gasteiger partial charge on any atom is -0.198 e. The molecular formula is C11H19N. The van der Waals surface area contributed by atoms with Crippen LogP contribution in [-0.4, -0.2) is 0 Å². The molecule has 0 aromatic carbocycles. The molecule has 68 valence electrons. The molecule has 1 heteroatoms. The summed E-state index contributed by atoms with van der Waals surface area (Å²) in [5.74, 6) is 0.184. The average Bonchev–Trinajstić information content (AvgIpc) is 2.10. The van der Waals surface area contributed by atoms with Crippen molar-refractivity contribution in [3.8, 4) is 6.07 Å². The Kier molecular flexibility index (Phi) is 6.47. The summed E-state index contributed by atoms with van der Waals surface area (Å²) in [6, 6.07) is 2.24. The fourth-order valence-electron chi connectivity index (χ4n) is 1.04. The number of hydrogen-bond acceptors (Lipinski definition) is 1. The Balaban J connectivity index is 3.39. The zero-order valence-electron chi connectivity index (χ0n) is 8.27. The molecule has 0 bridgehead atoms. The molecule has 0 saturated heterocycles. The highest BCUT2D eigenvalue weighted by molar-refractivity contribution is 4.95. The van der Waals surface area contributed by atoms with Gasteiger partial charge in [-0.25, -0.2) is 0 Å². The summed E-state index contributed by atoms with van der Waals surface area (Å²) in [7, 11) is 0. The number of rotatable bonds is 6. The first-order valence-corrected chi connectivity index (χ1v) is 4.77. The van der Waals surface area contributed by atoms with Crippen molar-refractivity contribution < 1.29 is 0 Å². The van der Waals surface area contributed by atoms with Crippen LogP contribution in [0.3, 0.4) is 0 Å². The molecule has 0 aliphatic heterocycles. The van der Waals surface area contributed by atoms with Gasteiger partial charge < -0.3 is 0 Å². The predicted molar refractivity (Wildman–Crippen MR) is 52.7 cm³/mol. The van der Waals surface area contributed by atoms with E-state index in [1.54, 1.807) is 0 Å². The standard InChI is InChI=1S/C11H19N/c1-4-5-6-10(2)7-8-11(3)9-12/h11H,2,4-8H2,1,3H3. The Morgan fingerprint density at radius 2 is 2.17 bits per heavy atom. The summed E-state index contributed by atoms with van der Waals surface area (Å²) >= 11 is 0. The predicted octanol–water partition coefficient (Wildman–Crippen LogP) is 3.67. The lowest BCUT2D eigenvalue weighted by molar-refractivity contribution is 0.636. The molecule has 0 fully saturated rings. The quantitative estimate of drug-likeness (QED) is 0.551. The Hall–Kier alpha value is -0.770. The van der Waals surface area contributed by atoms with Gasteiger partial charge in [0.05, 0.1) is 6.07 Å². The number of unbranched alkanes of at least 4 members (excludes halogenated alkanes) is 1. The van der Waals surface area contributed by atoms with Crippen LogP contribution in [0.2, 0.25) is 0 Å². The van der Waals surface area contributed by atoms with Crippen molar-refractivity contribution in [1.29, 1.82) is 5.26 Å². The van der Waals surface area contributed by atoms with Crippen LogP contribution in [0.25, 0.3) is 0 Å². The van der Waals surface area contributed by atoms with Crippen LogP contribution in [0.5, 0.6) is 0 Å². The maximum atomic E-state index is 8.54. The van der Waals surface area contributed by atoms with Crippen LogP contribution < -0.4 is 0 Å². The summed E-state index contributed by atoms with van der Waals surface area (Å²) in [6.07, 6.45) is 5.59. The first-order valence-electron chi connectivity index (χ1n) is 4.77. The highest BCUT2D eigenvalue weighted by atomic mass is 14.3. The number of hydrogen-bond donors (Lipinski definition) is 0. The van der Waals surface area contributed by atoms with Crippen molar-refractivity contribution in [3.05, 3.63) is 12.2 Å². The molecule has 0 aliphatic rings. The second kappa shape index (κ2) is 6.91. The second-order valence-electron chi connectivity index (χ2n) is 3.42. The number of nitriles is 1. The molecule has 0 heterocycles. The van der Waals surface area contributed by atoms with E-state index in [0.717, 1.165) is 19.3 Å². The molecule has 0 saturated carbocycles. The van der Waals surface area contributed by atoms with E-state index in [9.17, 15) is 0 Å². The lowest BCUT2D eigenvalue weighted by Crippen LogP contribution is -1.91. The minimum atomic E-state index is 0.184. The van der Waals surface area contributed by atoms with E-state index in [0.29, 0.717) is 0 Å². The molecule has 1 atom stereocenters. The van der Waals surface area contributed by atoms with Crippen molar-refractivity contribution in [2.24, 2.45) is 5.92 Å². The van der Waals surface area contributed by atoms with Crippen molar-refractivity contribution in [2.75, 3.05) is 0 Å². The van der Waals surface area contributed by atoms with Crippen LogP contribution in [0.4, 0.5) is 0 Å². The van der Waals surface area contributed by atoms with Gasteiger partial charge in [0.2, 0.25) is 0 Å². The van der Waals surface area contributed by atoms with E-state index in [1.165, 1.54) is 18.4 Å². The molecule has 0 aliphatic carbocycles. The second-order valence-corrected chi connectivity index (χ2v) is 3.42. The van der Waals surface area contributed by atoms with Gasteiger partial charge in [0, 0.05) is 5.92 Å². The van der Waals surface area contributed by atoms with Gasteiger partial charge in [-0.1, -0.05) is 25.5 Å². The van der Waals surface area contributed by atoms with Crippen LogP contribution in [0, 0.1) is 17.2 Å². The zero-order valence-corrected chi connectivity index (χ0v) is 8.27. The van der Waals surface area contributed by atoms with Crippen molar-refractivity contribution in [2.45, 2.75) is 46.0 Å². The normalized spacial score (nSPS) is 12.1. The fourth-order valence-corrected chi connectivity index (χ4v) is 1.04. The van der Waals surface area contributed by atoms with Gasteiger partial charge in [0.1, 0.15) is 0 Å². The largest absolute Gasteiger partial charge is 0.198 e. The summed E-state index contributed by atoms with van der Waals surface area (Å²) in [4.78, 5) is 0. The summed E-state index contributed by atoms with van der Waals surface area (Å²) in [5, 5.41) is 8.54. The molecule has 0 rings (SSSR count). The summed E-state index contributed by atoms with van der Waals surface area (Å²) < 4.78 is 0. The fraction of sp³-hybridized carbons (Fsp3) is 0.727. The van der Waals surface area contributed by atoms with Crippen LogP contribution >= 0.6 is 0 Å². The lowest BCUT2D eigenvalue weighted by Gasteiger charge is -2.05. The monoisotopic (exact) mass is 165 g/mol. The third kappa shape index (κ3) is 5.97. The first-order chi connectivity index (χ1) is 5.70. The lowest BCUT2D eigenvalue weighted by atomic mass is 10.00. The maximum Gasteiger partial charge on any atom is 0.0652 e. The van der Waals surface area contributed by atoms with Gasteiger partial charge in [0.25, 0.3) is 0 Å². The van der Waals surface area contributed by atoms with E-state index < -0.39 is 0 Å². The van der Waals surface area contributed by atoms with Crippen molar-refractivity contribution in [1.82, 2.24) is 0 Å². The molecule has 0 aromatic rings. The highest BCUT2D eigenvalue weighted by Crippen LogP contribution is 2.14. The van der Waals surface area contributed by atoms with Gasteiger partial charge in [-0.15, -0.1) is 0 Å². The molecule has 0 radical (unpaired) electrons. The topological polar surface area (TPSA) is 23.8 Å². The molecule has 0 aromatic heterocycles. The first kappa shape index (κ1) is 11.2. The van der Waals surface area contributed by atoms with E-state index in [2.05, 4.69) is 19.6 Å². The smallest absolute Gasteiger partial charge is 0.0652 e. The van der Waals surface area contributed by atoms with E-state index >= 15 is 0 Å². The third-order valence-corrected chi connectivity index (χ3v) is 2.04. The SMILES string of the molecule is C=C(CCCC)CCC(C)C#N. The van der Waals surface area contributed by atoms with Gasteiger partial charge in [-0.05, 0) is 32.6 Å². The van der Waals surface area contributed by atoms with Gasteiger partial charge in [-0.3, -0.25) is 0 Å². The molecule has 0 amide bonds. The van der Waals surface area contributed by atoms with E-state index in [1.807, 2.05) is 6.92 Å². The van der Waals surface area contributed by atoms with Crippen molar-refractivity contribution >= 4 is 0 Å². The summed E-state index contributed by atoms with van der Waals surface area (Å²) in [5.41, 5.74) is 1.30. The maximum absolute atomic E-state index is 8.54. The average molecular weight is 165 g/mol. The molecule has 0 N–H and O–H groups in total. The molecule has 1 nitrogen and oxygen atoms in total.